The lowest BCUT2D eigenvalue weighted by molar-refractivity contribution is -0.137. The van der Waals surface area contributed by atoms with E-state index in [0.29, 0.717) is 12.8 Å². The Labute approximate surface area is 135 Å². The maximum atomic E-state index is 12.7. The van der Waals surface area contributed by atoms with Gasteiger partial charge in [-0.1, -0.05) is 28.8 Å². The molecular weight excluding hydrogens is 373 g/mol. The molecule has 1 aromatic carbocycles. The normalized spacial score (nSPS) is 17.2. The highest BCUT2D eigenvalue weighted by atomic mass is 79.9. The molecule has 1 aliphatic rings. The molecule has 1 aromatic rings. The molecule has 0 heterocycles. The van der Waals surface area contributed by atoms with Crippen LogP contribution in [0, 0.1) is 0 Å². The molecule has 0 radical (unpaired) electrons. The first-order valence-corrected chi connectivity index (χ1v) is 6.98. The summed E-state index contributed by atoms with van der Waals surface area (Å²) in [5, 5.41) is 2.48. The van der Waals surface area contributed by atoms with Gasteiger partial charge in [0.15, 0.2) is 0 Å². The summed E-state index contributed by atoms with van der Waals surface area (Å²) < 4.78 is 38.4. The van der Waals surface area contributed by atoms with Crippen molar-refractivity contribution in [3.8, 4) is 0 Å². The molecule has 1 fully saturated rings. The summed E-state index contributed by atoms with van der Waals surface area (Å²) in [6, 6.07) is 3.29. The fourth-order valence-corrected chi connectivity index (χ4v) is 2.81. The Hall–Kier alpha value is -0.790. The van der Waals surface area contributed by atoms with E-state index in [1.165, 1.54) is 6.07 Å². The van der Waals surface area contributed by atoms with Gasteiger partial charge < -0.3 is 11.1 Å². The lowest BCUT2D eigenvalue weighted by Crippen LogP contribution is -2.48. The zero-order chi connectivity index (χ0) is 15.0. The molecule has 3 nitrogen and oxygen atoms in total. The van der Waals surface area contributed by atoms with Crippen LogP contribution in [0.4, 0.5) is 18.9 Å². The van der Waals surface area contributed by atoms with Crippen LogP contribution in [0.3, 0.4) is 0 Å². The Kier molecular flexibility index (Phi) is 5.69. The van der Waals surface area contributed by atoms with Crippen LogP contribution in [-0.4, -0.2) is 11.4 Å². The third kappa shape index (κ3) is 4.34. The van der Waals surface area contributed by atoms with E-state index in [1.807, 2.05) is 0 Å². The first kappa shape index (κ1) is 18.3. The number of nitrogens with one attached hydrogen (secondary N) is 1. The topological polar surface area (TPSA) is 55.1 Å². The van der Waals surface area contributed by atoms with Crippen molar-refractivity contribution in [2.24, 2.45) is 5.73 Å². The van der Waals surface area contributed by atoms with Gasteiger partial charge in [0.1, 0.15) is 0 Å². The number of halogens is 5. The van der Waals surface area contributed by atoms with Gasteiger partial charge in [-0.15, -0.1) is 12.4 Å². The van der Waals surface area contributed by atoms with Gasteiger partial charge in [-0.3, -0.25) is 4.79 Å². The minimum atomic E-state index is -4.46. The molecule has 3 N–H and O–H groups in total. The van der Waals surface area contributed by atoms with Crippen molar-refractivity contribution >= 4 is 39.9 Å². The van der Waals surface area contributed by atoms with Crippen LogP contribution >= 0.6 is 28.3 Å². The minimum Gasteiger partial charge on any atom is -0.324 e. The minimum absolute atomic E-state index is 0. The fraction of sp³-hybridized carbons (Fsp3) is 0.462. The third-order valence-electron chi connectivity index (χ3n) is 3.43. The van der Waals surface area contributed by atoms with Crippen LogP contribution < -0.4 is 11.1 Å². The Morgan fingerprint density at radius 3 is 2.33 bits per heavy atom. The number of amides is 1. The van der Waals surface area contributed by atoms with Gasteiger partial charge in [0.2, 0.25) is 5.91 Å². The number of alkyl halides is 3. The van der Waals surface area contributed by atoms with Crippen molar-refractivity contribution in [2.45, 2.75) is 37.4 Å². The summed E-state index contributed by atoms with van der Waals surface area (Å²) in [5.74, 6) is -0.429. The van der Waals surface area contributed by atoms with Crippen molar-refractivity contribution < 1.29 is 18.0 Å². The number of rotatable bonds is 2. The van der Waals surface area contributed by atoms with Crippen molar-refractivity contribution in [3.63, 3.8) is 0 Å². The molecule has 1 amide bonds. The van der Waals surface area contributed by atoms with E-state index < -0.39 is 23.2 Å². The number of carbonyl (C=O) groups is 1. The number of anilines is 1. The highest BCUT2D eigenvalue weighted by Gasteiger charge is 2.37. The van der Waals surface area contributed by atoms with E-state index in [-0.39, 0.29) is 22.6 Å². The molecule has 1 aliphatic carbocycles. The van der Waals surface area contributed by atoms with Crippen LogP contribution in [0.25, 0.3) is 0 Å². The summed E-state index contributed by atoms with van der Waals surface area (Å²) in [6.07, 6.45) is -1.64. The molecule has 0 unspecified atom stereocenters. The summed E-state index contributed by atoms with van der Waals surface area (Å²) in [7, 11) is 0. The number of hydrogen-bond acceptors (Lipinski definition) is 2. The Bertz CT molecular complexity index is 531. The molecule has 0 aliphatic heterocycles. The maximum absolute atomic E-state index is 12.7. The first-order chi connectivity index (χ1) is 9.21. The molecule has 118 valence electrons. The average molecular weight is 388 g/mol. The molecule has 21 heavy (non-hydrogen) atoms. The quantitative estimate of drug-likeness (QED) is 0.803. The standard InChI is InChI=1S/C13H14BrF3N2O.ClH/c14-9-5-8(13(15,16)17)6-10(7-9)19-11(20)12(18)3-1-2-4-12;/h5-7H,1-4,18H2,(H,19,20);1H. The van der Waals surface area contributed by atoms with Gasteiger partial charge in [0, 0.05) is 10.2 Å². The molecular formula is C13H15BrClF3N2O. The third-order valence-corrected chi connectivity index (χ3v) is 3.89. The Morgan fingerprint density at radius 1 is 1.24 bits per heavy atom. The van der Waals surface area contributed by atoms with Crippen LogP contribution in [0.15, 0.2) is 22.7 Å². The lowest BCUT2D eigenvalue weighted by atomic mass is 9.98. The SMILES string of the molecule is Cl.NC1(C(=O)Nc2cc(Br)cc(C(F)(F)F)c2)CCCC1. The molecule has 0 aromatic heterocycles. The molecule has 2 rings (SSSR count). The van der Waals surface area contributed by atoms with Crippen LogP contribution in [-0.2, 0) is 11.0 Å². The van der Waals surface area contributed by atoms with Gasteiger partial charge in [0.25, 0.3) is 0 Å². The summed E-state index contributed by atoms with van der Waals surface area (Å²) in [6.45, 7) is 0. The van der Waals surface area contributed by atoms with E-state index in [0.717, 1.165) is 25.0 Å². The Balaban J connectivity index is 0.00000220. The zero-order valence-corrected chi connectivity index (χ0v) is 13.4. The summed E-state index contributed by atoms with van der Waals surface area (Å²) in [5.41, 5.74) is 4.27. The average Bonchev–Trinajstić information content (AvgIpc) is 2.75. The van der Waals surface area contributed by atoms with Gasteiger partial charge in [-0.25, -0.2) is 0 Å². The van der Waals surface area contributed by atoms with Crippen LogP contribution in [0.2, 0.25) is 0 Å². The van der Waals surface area contributed by atoms with E-state index >= 15 is 0 Å². The number of nitrogens with two attached hydrogens (primary N) is 1. The molecule has 0 atom stereocenters. The van der Waals surface area contributed by atoms with Gasteiger partial charge >= 0.3 is 6.18 Å². The number of benzene rings is 1. The first-order valence-electron chi connectivity index (χ1n) is 6.19. The predicted molar refractivity (Wildman–Crippen MR) is 80.4 cm³/mol. The lowest BCUT2D eigenvalue weighted by Gasteiger charge is -2.22. The van der Waals surface area contributed by atoms with Crippen LogP contribution in [0.5, 0.6) is 0 Å². The molecule has 1 saturated carbocycles. The van der Waals surface area contributed by atoms with E-state index in [4.69, 9.17) is 5.73 Å². The molecule has 8 heteroatoms. The number of hydrogen-bond donors (Lipinski definition) is 2. The smallest absolute Gasteiger partial charge is 0.324 e. The Morgan fingerprint density at radius 2 is 1.81 bits per heavy atom. The van der Waals surface area contributed by atoms with Crippen molar-refractivity contribution in [3.05, 3.63) is 28.2 Å². The second-order valence-corrected chi connectivity index (χ2v) is 5.96. The van der Waals surface area contributed by atoms with Crippen LogP contribution in [0.1, 0.15) is 31.2 Å². The van der Waals surface area contributed by atoms with Crippen molar-refractivity contribution in [1.82, 2.24) is 0 Å². The van der Waals surface area contributed by atoms with Crippen molar-refractivity contribution in [2.75, 3.05) is 5.32 Å². The van der Waals surface area contributed by atoms with Crippen molar-refractivity contribution in [1.29, 1.82) is 0 Å². The molecule has 0 bridgehead atoms. The zero-order valence-electron chi connectivity index (χ0n) is 11.0. The largest absolute Gasteiger partial charge is 0.416 e. The van der Waals surface area contributed by atoms with Gasteiger partial charge in [-0.05, 0) is 31.0 Å². The van der Waals surface area contributed by atoms with Gasteiger partial charge in [0.05, 0.1) is 11.1 Å². The second-order valence-electron chi connectivity index (χ2n) is 5.04. The van der Waals surface area contributed by atoms with E-state index in [1.54, 1.807) is 0 Å². The fourth-order valence-electron chi connectivity index (χ4n) is 2.31. The summed E-state index contributed by atoms with van der Waals surface area (Å²) in [4.78, 5) is 12.1. The highest BCUT2D eigenvalue weighted by molar-refractivity contribution is 9.10. The molecule has 0 spiro atoms. The number of carbonyl (C=O) groups excluding carboxylic acids is 1. The van der Waals surface area contributed by atoms with Gasteiger partial charge in [-0.2, -0.15) is 13.2 Å². The maximum Gasteiger partial charge on any atom is 0.416 e. The monoisotopic (exact) mass is 386 g/mol. The summed E-state index contributed by atoms with van der Waals surface area (Å²) >= 11 is 3.01. The molecule has 0 saturated heterocycles. The van der Waals surface area contributed by atoms with E-state index in [2.05, 4.69) is 21.2 Å². The highest BCUT2D eigenvalue weighted by Crippen LogP contribution is 2.34. The predicted octanol–water partition coefficient (Wildman–Crippen LogP) is 4.10. The van der Waals surface area contributed by atoms with E-state index in [9.17, 15) is 18.0 Å². The second kappa shape index (κ2) is 6.54.